The molecule has 0 unspecified atom stereocenters. The summed E-state index contributed by atoms with van der Waals surface area (Å²) in [5, 5.41) is 0. The van der Waals surface area contributed by atoms with Gasteiger partial charge >= 0.3 is 31.1 Å². The largest absolute Gasteiger partial charge is 2.00 e. The van der Waals surface area contributed by atoms with Gasteiger partial charge in [-0.05, 0) is 23.8 Å². The molecular weight excluding hydrogens is 644 g/mol. The molecule has 0 saturated heterocycles. The molecule has 84 valence electrons. The Labute approximate surface area is 148 Å². The summed E-state index contributed by atoms with van der Waals surface area (Å²) in [5.74, 6) is 1.80. The first-order chi connectivity index (χ1) is 6.36. The number of benzene rings is 1. The van der Waals surface area contributed by atoms with Crippen LogP contribution in [0.3, 0.4) is 0 Å². The second kappa shape index (κ2) is 9.28. The molecule has 1 aliphatic carbocycles. The van der Waals surface area contributed by atoms with Crippen molar-refractivity contribution in [3.63, 3.8) is 0 Å². The Balaban J connectivity index is 0. The minimum absolute atomic E-state index is 0. The summed E-state index contributed by atoms with van der Waals surface area (Å²) < 4.78 is 0. The maximum Gasteiger partial charge on any atom is 2.00 e. The fourth-order valence-electron chi connectivity index (χ4n) is 2.20. The molecule has 0 radical (unpaired) electrons. The van der Waals surface area contributed by atoms with Gasteiger partial charge in [-0.1, -0.05) is 43.2 Å². The third-order valence-electron chi connectivity index (χ3n) is 3.17. The van der Waals surface area contributed by atoms with Crippen molar-refractivity contribution in [3.8, 4) is 0 Å². The SMILES string of the molecule is [CH2-]Cc1ccccc1[C@H]1C[C@H]1CC.[CH3-].[U+2].[U]. The minimum atomic E-state index is 0. The van der Waals surface area contributed by atoms with E-state index in [0.717, 1.165) is 18.3 Å². The van der Waals surface area contributed by atoms with E-state index in [1.807, 2.05) is 0 Å². The zero-order valence-electron chi connectivity index (χ0n) is 10.3. The Bertz CT molecular complexity index is 297. The van der Waals surface area contributed by atoms with Crippen LogP contribution in [0, 0.1) is 82.5 Å². The van der Waals surface area contributed by atoms with E-state index >= 15 is 0 Å². The van der Waals surface area contributed by atoms with Gasteiger partial charge in [0, 0.05) is 31.1 Å². The van der Waals surface area contributed by atoms with Crippen molar-refractivity contribution in [2.24, 2.45) is 5.92 Å². The number of rotatable bonds is 3. The van der Waals surface area contributed by atoms with Gasteiger partial charge in [0.05, 0.1) is 0 Å². The van der Waals surface area contributed by atoms with Crippen LogP contribution < -0.4 is 0 Å². The molecular formula is C14H20U2. The first kappa shape index (κ1) is 19.7. The molecule has 1 aliphatic rings. The monoisotopic (exact) mass is 664 g/mol. The molecule has 0 bridgehead atoms. The van der Waals surface area contributed by atoms with Crippen molar-refractivity contribution >= 4 is 0 Å². The third-order valence-corrected chi connectivity index (χ3v) is 3.17. The molecule has 0 N–H and O–H groups in total. The molecule has 0 amide bonds. The van der Waals surface area contributed by atoms with Crippen LogP contribution in [0.1, 0.15) is 36.8 Å². The minimum Gasteiger partial charge on any atom is -0.358 e. The maximum atomic E-state index is 3.98. The molecule has 0 spiro atoms. The molecule has 1 aromatic rings. The zero-order chi connectivity index (χ0) is 9.26. The quantitative estimate of drug-likeness (QED) is 0.429. The average Bonchev–Trinajstić information content (AvgIpc) is 2.96. The molecule has 0 aromatic heterocycles. The van der Waals surface area contributed by atoms with E-state index < -0.39 is 0 Å². The van der Waals surface area contributed by atoms with Crippen LogP contribution in [0.4, 0.5) is 0 Å². The van der Waals surface area contributed by atoms with Crippen molar-refractivity contribution in [1.29, 1.82) is 0 Å². The predicted octanol–water partition coefficient (Wildman–Crippen LogP) is 4.03. The summed E-state index contributed by atoms with van der Waals surface area (Å²) in [6.45, 7) is 6.27. The van der Waals surface area contributed by atoms with Crippen LogP contribution in [0.25, 0.3) is 0 Å². The van der Waals surface area contributed by atoms with E-state index in [2.05, 4.69) is 38.1 Å². The zero-order valence-corrected chi connectivity index (χ0v) is 18.6. The molecule has 16 heavy (non-hydrogen) atoms. The van der Waals surface area contributed by atoms with E-state index in [-0.39, 0.29) is 69.7 Å². The molecule has 0 nitrogen and oxygen atoms in total. The van der Waals surface area contributed by atoms with Gasteiger partial charge in [-0.3, -0.25) is 0 Å². The summed E-state index contributed by atoms with van der Waals surface area (Å²) in [7, 11) is 0. The van der Waals surface area contributed by atoms with Crippen LogP contribution in [0.15, 0.2) is 24.3 Å². The van der Waals surface area contributed by atoms with E-state index in [4.69, 9.17) is 0 Å². The summed E-state index contributed by atoms with van der Waals surface area (Å²) in [6, 6.07) is 8.76. The maximum absolute atomic E-state index is 3.98. The van der Waals surface area contributed by atoms with Crippen molar-refractivity contribution < 1.29 is 62.2 Å². The van der Waals surface area contributed by atoms with Crippen LogP contribution >= 0.6 is 0 Å². The fourth-order valence-corrected chi connectivity index (χ4v) is 2.20. The Morgan fingerprint density at radius 3 is 2.44 bits per heavy atom. The topological polar surface area (TPSA) is 0 Å². The molecule has 2 atom stereocenters. The van der Waals surface area contributed by atoms with Gasteiger partial charge < -0.3 is 14.4 Å². The normalized spacial score (nSPS) is 21.1. The smallest absolute Gasteiger partial charge is 0.358 e. The van der Waals surface area contributed by atoms with Crippen LogP contribution in [-0.4, -0.2) is 0 Å². The summed E-state index contributed by atoms with van der Waals surface area (Å²) in [4.78, 5) is 0. The van der Waals surface area contributed by atoms with Crippen LogP contribution in [0.5, 0.6) is 0 Å². The van der Waals surface area contributed by atoms with Gasteiger partial charge in [0.1, 0.15) is 0 Å². The summed E-state index contributed by atoms with van der Waals surface area (Å²) in [6.07, 6.45) is 3.66. The number of hydrogen-bond acceptors (Lipinski definition) is 0. The van der Waals surface area contributed by atoms with Gasteiger partial charge in [-0.15, -0.1) is 0 Å². The van der Waals surface area contributed by atoms with Gasteiger partial charge in [-0.25, -0.2) is 0 Å². The molecule has 2 rings (SSSR count). The Kier molecular flexibility index (Phi) is 11.4. The van der Waals surface area contributed by atoms with Crippen molar-refractivity contribution in [3.05, 3.63) is 49.7 Å². The second-order valence-corrected chi connectivity index (χ2v) is 3.96. The van der Waals surface area contributed by atoms with Crippen LogP contribution in [0.2, 0.25) is 0 Å². The Hall–Kier alpha value is 1.32. The molecule has 0 heterocycles. The Morgan fingerprint density at radius 2 is 1.94 bits per heavy atom. The predicted molar refractivity (Wildman–Crippen MR) is 63.1 cm³/mol. The average molecular weight is 664 g/mol. The summed E-state index contributed by atoms with van der Waals surface area (Å²) in [5.41, 5.74) is 3.01. The van der Waals surface area contributed by atoms with Crippen molar-refractivity contribution in [1.82, 2.24) is 0 Å². The van der Waals surface area contributed by atoms with E-state index in [1.165, 1.54) is 18.4 Å². The first-order valence-electron chi connectivity index (χ1n) is 5.23. The molecule has 1 fully saturated rings. The summed E-state index contributed by atoms with van der Waals surface area (Å²) >= 11 is 0. The van der Waals surface area contributed by atoms with Gasteiger partial charge in [-0.2, -0.15) is 6.42 Å². The molecule has 1 aromatic carbocycles. The van der Waals surface area contributed by atoms with Crippen molar-refractivity contribution in [2.75, 3.05) is 0 Å². The first-order valence-corrected chi connectivity index (χ1v) is 5.23. The van der Waals surface area contributed by atoms with Gasteiger partial charge in [0.25, 0.3) is 0 Å². The molecule has 2 heteroatoms. The standard InChI is InChI=1S/C13H17.CH3.2U/c1-3-10-7-5-6-8-12(10)13-9-11(13)4-2;;;/h5-8,11,13H,1,3-4,9H2,2H3;1H3;;/q2*-1;;+2/t11-,13+;;;/m1.../s1. The van der Waals surface area contributed by atoms with Gasteiger partial charge in [0.15, 0.2) is 0 Å². The third kappa shape index (κ3) is 4.54. The second-order valence-electron chi connectivity index (χ2n) is 3.96. The van der Waals surface area contributed by atoms with Crippen molar-refractivity contribution in [2.45, 2.75) is 32.1 Å². The fraction of sp³-hybridized carbons (Fsp3) is 0.429. The number of hydrogen-bond donors (Lipinski definition) is 0. The van der Waals surface area contributed by atoms with Gasteiger partial charge in [0.2, 0.25) is 0 Å². The van der Waals surface area contributed by atoms with E-state index in [0.29, 0.717) is 0 Å². The van der Waals surface area contributed by atoms with Crippen LogP contribution in [-0.2, 0) is 6.42 Å². The Morgan fingerprint density at radius 1 is 1.31 bits per heavy atom. The van der Waals surface area contributed by atoms with E-state index in [9.17, 15) is 0 Å². The molecule has 0 aliphatic heterocycles. The molecule has 1 saturated carbocycles. The van der Waals surface area contributed by atoms with E-state index in [1.54, 1.807) is 5.56 Å².